The van der Waals surface area contributed by atoms with Crippen molar-refractivity contribution in [3.8, 4) is 5.75 Å². The topological polar surface area (TPSA) is 35.2 Å². The molecule has 0 saturated heterocycles. The molecule has 16 heavy (non-hydrogen) atoms. The van der Waals surface area contributed by atoms with Crippen molar-refractivity contribution >= 4 is 11.6 Å². The average molecular weight is 240 g/mol. The summed E-state index contributed by atoms with van der Waals surface area (Å²) < 4.78 is 5.64. The van der Waals surface area contributed by atoms with E-state index in [0.29, 0.717) is 11.6 Å². The highest BCUT2D eigenvalue weighted by Gasteiger charge is 2.07. The first-order valence-electron chi connectivity index (χ1n) is 5.30. The zero-order valence-corrected chi connectivity index (χ0v) is 10.6. The first kappa shape index (κ1) is 13.1. The van der Waals surface area contributed by atoms with Gasteiger partial charge in [0.25, 0.3) is 0 Å². The monoisotopic (exact) mass is 239 g/mol. The molecule has 0 aromatic heterocycles. The highest BCUT2D eigenvalue weighted by molar-refractivity contribution is 6.30. The zero-order valence-electron chi connectivity index (χ0n) is 9.79. The summed E-state index contributed by atoms with van der Waals surface area (Å²) in [6.45, 7) is 8.22. The van der Waals surface area contributed by atoms with Gasteiger partial charge in [0, 0.05) is 11.1 Å². The van der Waals surface area contributed by atoms with Crippen LogP contribution in [0.1, 0.15) is 19.4 Å². The molecule has 2 nitrogen and oxygen atoms in total. The summed E-state index contributed by atoms with van der Waals surface area (Å²) in [6.07, 6.45) is 0.756. The van der Waals surface area contributed by atoms with E-state index in [1.165, 1.54) is 0 Å². The Balaban J connectivity index is 2.84. The predicted octanol–water partition coefficient (Wildman–Crippen LogP) is 3.18. The molecule has 0 spiro atoms. The van der Waals surface area contributed by atoms with Crippen molar-refractivity contribution in [3.05, 3.63) is 40.9 Å². The maximum absolute atomic E-state index is 5.95. The van der Waals surface area contributed by atoms with Crippen LogP contribution in [0.3, 0.4) is 0 Å². The summed E-state index contributed by atoms with van der Waals surface area (Å²) in [5.41, 5.74) is 7.82. The number of rotatable bonds is 5. The van der Waals surface area contributed by atoms with Crippen LogP contribution in [0.4, 0.5) is 0 Å². The lowest BCUT2D eigenvalue weighted by Gasteiger charge is -2.13. The molecule has 0 aliphatic heterocycles. The van der Waals surface area contributed by atoms with E-state index >= 15 is 0 Å². The molecule has 0 aliphatic carbocycles. The molecule has 88 valence electrons. The van der Waals surface area contributed by atoms with Gasteiger partial charge < -0.3 is 10.5 Å². The Morgan fingerprint density at radius 3 is 2.81 bits per heavy atom. The maximum Gasteiger partial charge on any atom is 0.123 e. The maximum atomic E-state index is 5.95. The Labute approximate surface area is 102 Å². The van der Waals surface area contributed by atoms with Crippen molar-refractivity contribution < 1.29 is 4.74 Å². The molecule has 3 heteroatoms. The minimum absolute atomic E-state index is 0.0886. The Morgan fingerprint density at radius 1 is 1.56 bits per heavy atom. The second-order valence-electron chi connectivity index (χ2n) is 4.18. The van der Waals surface area contributed by atoms with E-state index in [4.69, 9.17) is 22.1 Å². The molecule has 0 amide bonds. The van der Waals surface area contributed by atoms with Gasteiger partial charge in [-0.15, -0.1) is 0 Å². The zero-order chi connectivity index (χ0) is 12.1. The fourth-order valence-corrected chi connectivity index (χ4v) is 1.59. The molecule has 0 heterocycles. The lowest BCUT2D eigenvalue weighted by molar-refractivity contribution is 0.348. The molecule has 1 atom stereocenters. The van der Waals surface area contributed by atoms with Crippen LogP contribution in [0.5, 0.6) is 5.75 Å². The smallest absolute Gasteiger partial charge is 0.123 e. The van der Waals surface area contributed by atoms with Crippen LogP contribution in [0, 0.1) is 0 Å². The van der Waals surface area contributed by atoms with Crippen LogP contribution in [-0.4, -0.2) is 12.6 Å². The second-order valence-corrected chi connectivity index (χ2v) is 4.62. The van der Waals surface area contributed by atoms with Crippen LogP contribution >= 0.6 is 11.6 Å². The summed E-state index contributed by atoms with van der Waals surface area (Å²) >= 11 is 5.95. The number of benzene rings is 1. The van der Waals surface area contributed by atoms with Gasteiger partial charge in [0.05, 0.1) is 0 Å². The van der Waals surface area contributed by atoms with E-state index in [9.17, 15) is 0 Å². The lowest BCUT2D eigenvalue weighted by Crippen LogP contribution is -2.18. The molecular formula is C13H18ClNO. The highest BCUT2D eigenvalue weighted by Crippen LogP contribution is 2.24. The SMILES string of the molecule is C=C(C)COc1ccc(Cl)cc1CC(C)N. The normalized spacial score (nSPS) is 12.2. The van der Waals surface area contributed by atoms with Crippen LogP contribution in [0.2, 0.25) is 5.02 Å². The first-order valence-corrected chi connectivity index (χ1v) is 5.68. The molecule has 0 fully saturated rings. The van der Waals surface area contributed by atoms with Crippen LogP contribution in [0.25, 0.3) is 0 Å². The molecular weight excluding hydrogens is 222 g/mol. The number of hydrogen-bond donors (Lipinski definition) is 1. The Morgan fingerprint density at radius 2 is 2.25 bits per heavy atom. The summed E-state index contributed by atoms with van der Waals surface area (Å²) in [4.78, 5) is 0. The Hall–Kier alpha value is -0.990. The van der Waals surface area contributed by atoms with E-state index in [2.05, 4.69) is 6.58 Å². The fraction of sp³-hybridized carbons (Fsp3) is 0.385. The van der Waals surface area contributed by atoms with Gasteiger partial charge in [0.1, 0.15) is 12.4 Å². The van der Waals surface area contributed by atoms with Crippen LogP contribution < -0.4 is 10.5 Å². The van der Waals surface area contributed by atoms with Gasteiger partial charge in [-0.3, -0.25) is 0 Å². The van der Waals surface area contributed by atoms with Crippen LogP contribution in [-0.2, 0) is 6.42 Å². The van der Waals surface area contributed by atoms with Gasteiger partial charge >= 0.3 is 0 Å². The number of hydrogen-bond acceptors (Lipinski definition) is 2. The third-order valence-corrected chi connectivity index (χ3v) is 2.27. The van der Waals surface area contributed by atoms with Crippen molar-refractivity contribution in [2.24, 2.45) is 5.73 Å². The van der Waals surface area contributed by atoms with E-state index in [1.54, 1.807) is 0 Å². The Kier molecular flexibility index (Phi) is 4.84. The molecule has 1 unspecified atom stereocenters. The third kappa shape index (κ3) is 4.25. The molecule has 1 aromatic rings. The third-order valence-electron chi connectivity index (χ3n) is 2.04. The van der Waals surface area contributed by atoms with Gasteiger partial charge in [-0.25, -0.2) is 0 Å². The van der Waals surface area contributed by atoms with Gasteiger partial charge in [-0.2, -0.15) is 0 Å². The molecule has 1 aromatic carbocycles. The van der Waals surface area contributed by atoms with Crippen molar-refractivity contribution in [2.75, 3.05) is 6.61 Å². The summed E-state index contributed by atoms with van der Waals surface area (Å²) in [5.74, 6) is 0.838. The molecule has 0 bridgehead atoms. The van der Waals surface area contributed by atoms with Gasteiger partial charge in [-0.05, 0) is 49.6 Å². The Bertz CT molecular complexity index is 374. The van der Waals surface area contributed by atoms with E-state index < -0.39 is 0 Å². The molecule has 1 rings (SSSR count). The van der Waals surface area contributed by atoms with Crippen molar-refractivity contribution in [1.29, 1.82) is 0 Å². The van der Waals surface area contributed by atoms with E-state index in [-0.39, 0.29) is 6.04 Å². The lowest BCUT2D eigenvalue weighted by atomic mass is 10.1. The van der Waals surface area contributed by atoms with E-state index in [1.807, 2.05) is 32.0 Å². The molecule has 2 N–H and O–H groups in total. The predicted molar refractivity (Wildman–Crippen MR) is 69.1 cm³/mol. The molecule has 0 saturated carbocycles. The minimum Gasteiger partial charge on any atom is -0.489 e. The van der Waals surface area contributed by atoms with Gasteiger partial charge in [0.2, 0.25) is 0 Å². The van der Waals surface area contributed by atoms with E-state index in [0.717, 1.165) is 23.3 Å². The van der Waals surface area contributed by atoms with Crippen molar-refractivity contribution in [1.82, 2.24) is 0 Å². The highest BCUT2D eigenvalue weighted by atomic mass is 35.5. The number of ether oxygens (including phenoxy) is 1. The van der Waals surface area contributed by atoms with Gasteiger partial charge in [-0.1, -0.05) is 18.2 Å². The minimum atomic E-state index is 0.0886. The summed E-state index contributed by atoms with van der Waals surface area (Å²) in [6, 6.07) is 5.69. The van der Waals surface area contributed by atoms with Crippen LogP contribution in [0.15, 0.2) is 30.4 Å². The number of halogens is 1. The van der Waals surface area contributed by atoms with Gasteiger partial charge in [0.15, 0.2) is 0 Å². The molecule has 0 aliphatic rings. The average Bonchev–Trinajstić information content (AvgIpc) is 2.15. The second kappa shape index (κ2) is 5.92. The van der Waals surface area contributed by atoms with Crippen molar-refractivity contribution in [3.63, 3.8) is 0 Å². The first-order chi connectivity index (χ1) is 7.49. The molecule has 0 radical (unpaired) electrons. The largest absolute Gasteiger partial charge is 0.489 e. The quantitative estimate of drug-likeness (QED) is 0.801. The summed E-state index contributed by atoms with van der Waals surface area (Å²) in [7, 11) is 0. The van der Waals surface area contributed by atoms with Crippen molar-refractivity contribution in [2.45, 2.75) is 26.3 Å². The fourth-order valence-electron chi connectivity index (χ4n) is 1.40. The number of nitrogens with two attached hydrogens (primary N) is 1. The standard InChI is InChI=1S/C13H18ClNO/c1-9(2)8-16-13-5-4-12(14)7-11(13)6-10(3)15/h4-5,7,10H,1,6,8,15H2,2-3H3. The summed E-state index contributed by atoms with van der Waals surface area (Å²) in [5, 5.41) is 0.707.